The Hall–Kier alpha value is -3.55. The molecule has 1 N–H and O–H groups in total. The van der Waals surface area contributed by atoms with E-state index in [9.17, 15) is 19.2 Å². The number of imide groups is 1. The molecule has 1 aromatic heterocycles. The number of carbonyl (C=O) groups is 4. The smallest absolute Gasteiger partial charge is 0.270 e. The van der Waals surface area contributed by atoms with Crippen LogP contribution in [0.1, 0.15) is 43.5 Å². The Kier molecular flexibility index (Phi) is 6.56. The Morgan fingerprint density at radius 3 is 2.33 bits per heavy atom. The highest BCUT2D eigenvalue weighted by atomic mass is 16.2. The van der Waals surface area contributed by atoms with E-state index in [0.29, 0.717) is 24.1 Å². The van der Waals surface area contributed by atoms with Gasteiger partial charge in [0.2, 0.25) is 11.8 Å². The molecule has 1 fully saturated rings. The summed E-state index contributed by atoms with van der Waals surface area (Å²) in [6.07, 6.45) is 3.82. The van der Waals surface area contributed by atoms with Crippen molar-refractivity contribution in [3.05, 3.63) is 60.4 Å². The minimum atomic E-state index is -1.10. The van der Waals surface area contributed by atoms with E-state index in [0.717, 1.165) is 9.91 Å². The number of benzene rings is 1. The van der Waals surface area contributed by atoms with Crippen LogP contribution in [0, 0.1) is 5.92 Å². The zero-order valence-corrected chi connectivity index (χ0v) is 16.9. The molecule has 0 bridgehead atoms. The van der Waals surface area contributed by atoms with Crippen molar-refractivity contribution < 1.29 is 19.2 Å². The van der Waals surface area contributed by atoms with E-state index in [1.807, 2.05) is 13.8 Å². The molecule has 156 valence electrons. The monoisotopic (exact) mass is 408 g/mol. The van der Waals surface area contributed by atoms with Crippen LogP contribution >= 0.6 is 0 Å². The molecule has 2 heterocycles. The molecule has 30 heavy (non-hydrogen) atoms. The topological polar surface area (TPSA) is 99.7 Å². The number of pyridine rings is 1. The minimum absolute atomic E-state index is 0.198. The number of rotatable bonds is 6. The normalized spacial score (nSPS) is 16.1. The number of carbonyl (C=O) groups excluding carboxylic acids is 4. The number of nitrogens with one attached hydrogen (secondary N) is 1. The van der Waals surface area contributed by atoms with Gasteiger partial charge in [0.15, 0.2) is 0 Å². The van der Waals surface area contributed by atoms with Crippen molar-refractivity contribution in [2.45, 2.75) is 39.2 Å². The summed E-state index contributed by atoms with van der Waals surface area (Å²) in [5.74, 6) is -2.27. The fraction of sp³-hybridized carbons (Fsp3) is 0.318. The lowest BCUT2D eigenvalue weighted by Crippen LogP contribution is -2.56. The van der Waals surface area contributed by atoms with Crippen molar-refractivity contribution in [2.75, 3.05) is 4.90 Å². The van der Waals surface area contributed by atoms with Gasteiger partial charge in [0.25, 0.3) is 11.8 Å². The highest BCUT2D eigenvalue weighted by Gasteiger charge is 2.46. The average molecular weight is 408 g/mol. The summed E-state index contributed by atoms with van der Waals surface area (Å²) in [6, 6.07) is 10.4. The Morgan fingerprint density at radius 1 is 1.10 bits per heavy atom. The summed E-state index contributed by atoms with van der Waals surface area (Å²) < 4.78 is 0. The number of nitrogens with zero attached hydrogens (tertiary/aromatic N) is 3. The van der Waals surface area contributed by atoms with E-state index >= 15 is 0 Å². The molecule has 1 aliphatic rings. The predicted octanol–water partition coefficient (Wildman–Crippen LogP) is 2.32. The Balaban J connectivity index is 1.91. The SMILES string of the molecule is CCC(CC)C(=O)N(NC(=O)c1ccncc1)[C@@H]1CC(=O)N(c2ccccc2)C1=O. The zero-order chi connectivity index (χ0) is 21.7. The van der Waals surface area contributed by atoms with Gasteiger partial charge in [-0.15, -0.1) is 0 Å². The second kappa shape index (κ2) is 9.30. The fourth-order valence-corrected chi connectivity index (χ4v) is 3.46. The average Bonchev–Trinajstić information content (AvgIpc) is 3.07. The van der Waals surface area contributed by atoms with Gasteiger partial charge in [-0.25, -0.2) is 9.91 Å². The molecular weight excluding hydrogens is 384 g/mol. The van der Waals surface area contributed by atoms with Crippen molar-refractivity contribution in [1.29, 1.82) is 0 Å². The van der Waals surface area contributed by atoms with Crippen LogP contribution in [0.3, 0.4) is 0 Å². The van der Waals surface area contributed by atoms with Crippen molar-refractivity contribution in [3.8, 4) is 0 Å². The van der Waals surface area contributed by atoms with Crippen LogP contribution in [0.4, 0.5) is 5.69 Å². The first-order valence-electron chi connectivity index (χ1n) is 9.93. The molecule has 0 radical (unpaired) electrons. The summed E-state index contributed by atoms with van der Waals surface area (Å²) in [5.41, 5.74) is 3.30. The maximum atomic E-state index is 13.2. The second-order valence-corrected chi connectivity index (χ2v) is 7.02. The minimum Gasteiger partial charge on any atom is -0.274 e. The van der Waals surface area contributed by atoms with E-state index in [-0.39, 0.29) is 18.2 Å². The van der Waals surface area contributed by atoms with Crippen molar-refractivity contribution >= 4 is 29.3 Å². The van der Waals surface area contributed by atoms with Crippen LogP contribution in [0.5, 0.6) is 0 Å². The number of para-hydroxylation sites is 1. The zero-order valence-electron chi connectivity index (χ0n) is 16.9. The van der Waals surface area contributed by atoms with Gasteiger partial charge in [-0.1, -0.05) is 32.0 Å². The molecule has 0 saturated carbocycles. The van der Waals surface area contributed by atoms with Gasteiger partial charge in [0, 0.05) is 23.9 Å². The van der Waals surface area contributed by atoms with Crippen molar-refractivity contribution in [3.63, 3.8) is 0 Å². The lowest BCUT2D eigenvalue weighted by molar-refractivity contribution is -0.145. The largest absolute Gasteiger partial charge is 0.274 e. The summed E-state index contributed by atoms with van der Waals surface area (Å²) >= 11 is 0. The molecule has 1 aromatic carbocycles. The standard InChI is InChI=1S/C22H24N4O4/c1-3-15(4-2)21(29)26(24-20(28)16-10-12-23-13-11-16)18-14-19(27)25(22(18)30)17-8-6-5-7-9-17/h5-13,15,18H,3-4,14H2,1-2H3,(H,24,28)/t18-/m1/s1. The van der Waals surface area contributed by atoms with Crippen LogP contribution in [-0.2, 0) is 14.4 Å². The molecule has 1 atom stereocenters. The van der Waals surface area contributed by atoms with Gasteiger partial charge >= 0.3 is 0 Å². The number of amides is 4. The van der Waals surface area contributed by atoms with Gasteiger partial charge in [-0.2, -0.15) is 0 Å². The van der Waals surface area contributed by atoms with Gasteiger partial charge in [0.05, 0.1) is 12.1 Å². The number of aromatic nitrogens is 1. The fourth-order valence-electron chi connectivity index (χ4n) is 3.46. The third-order valence-electron chi connectivity index (χ3n) is 5.19. The number of hydrogen-bond acceptors (Lipinski definition) is 5. The Bertz CT molecular complexity index is 929. The number of hydrazine groups is 1. The Morgan fingerprint density at radius 2 is 1.73 bits per heavy atom. The first-order valence-corrected chi connectivity index (χ1v) is 9.93. The highest BCUT2D eigenvalue weighted by Crippen LogP contribution is 2.26. The Labute approximate surface area is 174 Å². The van der Waals surface area contributed by atoms with Gasteiger partial charge < -0.3 is 0 Å². The van der Waals surface area contributed by atoms with E-state index in [2.05, 4.69) is 10.4 Å². The maximum Gasteiger partial charge on any atom is 0.270 e. The maximum absolute atomic E-state index is 13.2. The summed E-state index contributed by atoms with van der Waals surface area (Å²) in [6.45, 7) is 3.74. The lowest BCUT2D eigenvalue weighted by Gasteiger charge is -2.30. The molecule has 0 spiro atoms. The predicted molar refractivity (Wildman–Crippen MR) is 110 cm³/mol. The molecule has 1 saturated heterocycles. The van der Waals surface area contributed by atoms with Gasteiger partial charge in [-0.3, -0.25) is 29.6 Å². The first-order chi connectivity index (χ1) is 14.5. The van der Waals surface area contributed by atoms with Gasteiger partial charge in [-0.05, 0) is 37.1 Å². The molecule has 8 heteroatoms. The van der Waals surface area contributed by atoms with Crippen molar-refractivity contribution in [2.24, 2.45) is 5.92 Å². The number of anilines is 1. The molecule has 8 nitrogen and oxygen atoms in total. The van der Waals surface area contributed by atoms with Crippen LogP contribution in [0.15, 0.2) is 54.9 Å². The second-order valence-electron chi connectivity index (χ2n) is 7.02. The van der Waals surface area contributed by atoms with E-state index in [1.54, 1.807) is 30.3 Å². The van der Waals surface area contributed by atoms with E-state index in [1.165, 1.54) is 24.5 Å². The molecule has 3 rings (SSSR count). The van der Waals surface area contributed by atoms with Crippen LogP contribution in [-0.4, -0.2) is 39.7 Å². The van der Waals surface area contributed by atoms with Crippen molar-refractivity contribution in [1.82, 2.24) is 15.4 Å². The molecule has 1 aliphatic heterocycles. The summed E-state index contributed by atoms with van der Waals surface area (Å²) in [4.78, 5) is 56.6. The van der Waals surface area contributed by atoms with Gasteiger partial charge in [0.1, 0.15) is 6.04 Å². The number of hydrogen-bond donors (Lipinski definition) is 1. The van der Waals surface area contributed by atoms with E-state index < -0.39 is 23.8 Å². The lowest BCUT2D eigenvalue weighted by atomic mass is 10.0. The summed E-state index contributed by atoms with van der Waals surface area (Å²) in [7, 11) is 0. The summed E-state index contributed by atoms with van der Waals surface area (Å²) in [5, 5.41) is 1.05. The van der Waals surface area contributed by atoms with Crippen LogP contribution < -0.4 is 10.3 Å². The molecule has 4 amide bonds. The quantitative estimate of drug-likeness (QED) is 0.584. The molecular formula is C22H24N4O4. The molecule has 2 aromatic rings. The molecule has 0 aliphatic carbocycles. The molecule has 0 unspecified atom stereocenters. The van der Waals surface area contributed by atoms with Crippen LogP contribution in [0.2, 0.25) is 0 Å². The van der Waals surface area contributed by atoms with E-state index in [4.69, 9.17) is 0 Å². The van der Waals surface area contributed by atoms with Crippen LogP contribution in [0.25, 0.3) is 0 Å². The third-order valence-corrected chi connectivity index (χ3v) is 5.19. The third kappa shape index (κ3) is 4.22. The first kappa shape index (κ1) is 21.2. The highest BCUT2D eigenvalue weighted by molar-refractivity contribution is 6.23.